The van der Waals surface area contributed by atoms with Crippen molar-refractivity contribution in [2.45, 2.75) is 18.8 Å². The number of aromatic nitrogens is 4. The zero-order valence-corrected chi connectivity index (χ0v) is 12.1. The van der Waals surface area contributed by atoms with Gasteiger partial charge in [-0.1, -0.05) is 0 Å². The Hall–Kier alpha value is -1.95. The minimum Gasteiger partial charge on any atom is -0.326 e. The van der Waals surface area contributed by atoms with Gasteiger partial charge in [0.05, 0.1) is 11.4 Å². The van der Waals surface area contributed by atoms with Crippen molar-refractivity contribution in [2.24, 2.45) is 7.05 Å². The van der Waals surface area contributed by atoms with Crippen LogP contribution in [0.1, 0.15) is 11.5 Å². The molecule has 0 aliphatic heterocycles. The molecule has 0 radical (unpaired) electrons. The van der Waals surface area contributed by atoms with Crippen molar-refractivity contribution < 1.29 is 8.78 Å². The lowest BCUT2D eigenvalue weighted by Crippen LogP contribution is -2.08. The zero-order valence-electron chi connectivity index (χ0n) is 11.4. The van der Waals surface area contributed by atoms with Gasteiger partial charge in [-0.3, -0.25) is 4.68 Å². The predicted octanol–water partition coefficient (Wildman–Crippen LogP) is 3.03. The lowest BCUT2D eigenvalue weighted by Gasteiger charge is -2.08. The Morgan fingerprint density at radius 1 is 1.29 bits per heavy atom. The molecular formula is C14H13ClF2N4. The number of aryl methyl sites for hydroxylation is 3. The van der Waals surface area contributed by atoms with Gasteiger partial charge in [-0.05, 0) is 12.1 Å². The van der Waals surface area contributed by atoms with Gasteiger partial charge in [-0.25, -0.2) is 13.8 Å². The molecule has 7 heteroatoms. The molecule has 0 saturated heterocycles. The van der Waals surface area contributed by atoms with Crippen LogP contribution in [0.4, 0.5) is 8.78 Å². The first-order chi connectivity index (χ1) is 10.1. The van der Waals surface area contributed by atoms with Crippen molar-refractivity contribution in [3.63, 3.8) is 0 Å². The van der Waals surface area contributed by atoms with E-state index in [1.165, 1.54) is 6.07 Å². The van der Waals surface area contributed by atoms with E-state index in [9.17, 15) is 8.78 Å². The number of benzene rings is 1. The number of rotatable bonds is 4. The van der Waals surface area contributed by atoms with Crippen LogP contribution >= 0.6 is 11.6 Å². The molecule has 0 atom stereocenters. The van der Waals surface area contributed by atoms with E-state index < -0.39 is 11.6 Å². The van der Waals surface area contributed by atoms with Gasteiger partial charge in [0, 0.05) is 38.0 Å². The number of fused-ring (bicyclic) bond motifs is 1. The van der Waals surface area contributed by atoms with Crippen molar-refractivity contribution in [3.05, 3.63) is 47.5 Å². The summed E-state index contributed by atoms with van der Waals surface area (Å²) in [7, 11) is 1.85. The van der Waals surface area contributed by atoms with Crippen molar-refractivity contribution in [1.82, 2.24) is 19.3 Å². The Morgan fingerprint density at radius 3 is 2.76 bits per heavy atom. The van der Waals surface area contributed by atoms with E-state index in [1.54, 1.807) is 15.4 Å². The van der Waals surface area contributed by atoms with Crippen LogP contribution in [0.2, 0.25) is 0 Å². The largest absolute Gasteiger partial charge is 0.326 e. The van der Waals surface area contributed by atoms with Crippen molar-refractivity contribution in [3.8, 4) is 0 Å². The van der Waals surface area contributed by atoms with Crippen LogP contribution in [-0.4, -0.2) is 19.3 Å². The topological polar surface area (TPSA) is 35.6 Å². The lowest BCUT2D eigenvalue weighted by atomic mass is 10.2. The highest BCUT2D eigenvalue weighted by Crippen LogP contribution is 2.22. The lowest BCUT2D eigenvalue weighted by molar-refractivity contribution is 0.589. The highest BCUT2D eigenvalue weighted by Gasteiger charge is 2.15. The van der Waals surface area contributed by atoms with E-state index in [0.29, 0.717) is 24.3 Å². The minimum absolute atomic E-state index is 0.140. The molecular weight excluding hydrogens is 298 g/mol. The first kappa shape index (κ1) is 14.0. The fourth-order valence-corrected chi connectivity index (χ4v) is 2.63. The molecule has 0 aliphatic rings. The van der Waals surface area contributed by atoms with Gasteiger partial charge in [-0.15, -0.1) is 11.6 Å². The van der Waals surface area contributed by atoms with Crippen LogP contribution in [0.25, 0.3) is 11.0 Å². The molecule has 4 nitrogen and oxygen atoms in total. The summed E-state index contributed by atoms with van der Waals surface area (Å²) in [6.07, 6.45) is 2.38. The highest BCUT2D eigenvalue weighted by atomic mass is 35.5. The molecule has 21 heavy (non-hydrogen) atoms. The smallest absolute Gasteiger partial charge is 0.153 e. The van der Waals surface area contributed by atoms with Crippen LogP contribution in [-0.2, 0) is 25.9 Å². The third kappa shape index (κ3) is 2.51. The Bertz CT molecular complexity index is 794. The number of hydrogen-bond acceptors (Lipinski definition) is 2. The fraction of sp³-hybridized carbons (Fsp3) is 0.286. The standard InChI is InChI=1S/C14H13ClF2N4/c1-20-10(2-4-18-20)3-5-21-12-7-9(16)6-11(17)14(12)19-13(21)8-15/h2,4,6-7H,3,5,8H2,1H3. The summed E-state index contributed by atoms with van der Waals surface area (Å²) < 4.78 is 30.7. The van der Waals surface area contributed by atoms with E-state index in [2.05, 4.69) is 10.1 Å². The number of nitrogens with zero attached hydrogens (tertiary/aromatic N) is 4. The molecule has 0 unspecified atom stereocenters. The second-order valence-corrected chi connectivity index (χ2v) is 5.03. The van der Waals surface area contributed by atoms with Gasteiger partial charge in [-0.2, -0.15) is 5.10 Å². The third-order valence-electron chi connectivity index (χ3n) is 3.48. The van der Waals surface area contributed by atoms with Crippen LogP contribution < -0.4 is 0 Å². The van der Waals surface area contributed by atoms with Gasteiger partial charge < -0.3 is 4.57 Å². The summed E-state index contributed by atoms with van der Waals surface area (Å²) in [6.45, 7) is 0.529. The third-order valence-corrected chi connectivity index (χ3v) is 3.72. The van der Waals surface area contributed by atoms with Crippen LogP contribution in [0, 0.1) is 11.6 Å². The molecule has 0 saturated carbocycles. The number of imidazole rings is 1. The fourth-order valence-electron chi connectivity index (χ4n) is 2.42. The van der Waals surface area contributed by atoms with Gasteiger partial charge in [0.15, 0.2) is 5.82 Å². The van der Waals surface area contributed by atoms with Gasteiger partial charge >= 0.3 is 0 Å². The Balaban J connectivity index is 2.02. The predicted molar refractivity (Wildman–Crippen MR) is 76.1 cm³/mol. The molecule has 0 amide bonds. The molecule has 3 aromatic rings. The molecule has 0 bridgehead atoms. The quantitative estimate of drug-likeness (QED) is 0.694. The average Bonchev–Trinajstić information content (AvgIpc) is 3.00. The van der Waals surface area contributed by atoms with E-state index in [-0.39, 0.29) is 11.4 Å². The minimum atomic E-state index is -0.671. The first-order valence-electron chi connectivity index (χ1n) is 6.47. The van der Waals surface area contributed by atoms with Crippen LogP contribution in [0.3, 0.4) is 0 Å². The zero-order chi connectivity index (χ0) is 15.0. The number of alkyl halides is 1. The summed E-state index contributed by atoms with van der Waals surface area (Å²) in [5.74, 6) is -0.627. The molecule has 0 N–H and O–H groups in total. The number of hydrogen-bond donors (Lipinski definition) is 0. The molecule has 2 heterocycles. The Labute approximate surface area is 125 Å². The Kier molecular flexibility index (Phi) is 3.63. The molecule has 0 spiro atoms. The van der Waals surface area contributed by atoms with Crippen molar-refractivity contribution in [2.75, 3.05) is 0 Å². The molecule has 3 rings (SSSR count). The SMILES string of the molecule is Cn1nccc1CCn1c(CCl)nc2c(F)cc(F)cc21. The van der Waals surface area contributed by atoms with Gasteiger partial charge in [0.1, 0.15) is 17.2 Å². The van der Waals surface area contributed by atoms with Gasteiger partial charge in [0.25, 0.3) is 0 Å². The molecule has 110 valence electrons. The molecule has 0 aliphatic carbocycles. The second kappa shape index (κ2) is 5.44. The highest BCUT2D eigenvalue weighted by molar-refractivity contribution is 6.16. The monoisotopic (exact) mass is 310 g/mol. The maximum absolute atomic E-state index is 13.8. The molecule has 2 aromatic heterocycles. The van der Waals surface area contributed by atoms with Crippen molar-refractivity contribution in [1.29, 1.82) is 0 Å². The Morgan fingerprint density at radius 2 is 2.10 bits per heavy atom. The summed E-state index contributed by atoms with van der Waals surface area (Å²) in [5, 5.41) is 4.10. The molecule has 0 fully saturated rings. The maximum Gasteiger partial charge on any atom is 0.153 e. The van der Waals surface area contributed by atoms with E-state index >= 15 is 0 Å². The van der Waals surface area contributed by atoms with E-state index in [0.717, 1.165) is 11.8 Å². The summed E-state index contributed by atoms with van der Waals surface area (Å²) in [4.78, 5) is 4.16. The second-order valence-electron chi connectivity index (χ2n) is 4.76. The van der Waals surface area contributed by atoms with Gasteiger partial charge in [0.2, 0.25) is 0 Å². The molecule has 1 aromatic carbocycles. The summed E-state index contributed by atoms with van der Waals surface area (Å²) >= 11 is 5.87. The average molecular weight is 311 g/mol. The van der Waals surface area contributed by atoms with E-state index in [4.69, 9.17) is 11.6 Å². The van der Waals surface area contributed by atoms with Crippen LogP contribution in [0.15, 0.2) is 24.4 Å². The maximum atomic E-state index is 13.8. The van der Waals surface area contributed by atoms with E-state index in [1.807, 2.05) is 13.1 Å². The first-order valence-corrected chi connectivity index (χ1v) is 7.00. The number of halogens is 3. The summed E-state index contributed by atoms with van der Waals surface area (Å²) in [6, 6.07) is 4.02. The van der Waals surface area contributed by atoms with Crippen LogP contribution in [0.5, 0.6) is 0 Å². The summed E-state index contributed by atoms with van der Waals surface area (Å²) in [5.41, 5.74) is 1.59. The van der Waals surface area contributed by atoms with Crippen molar-refractivity contribution >= 4 is 22.6 Å². The normalized spacial score (nSPS) is 11.4.